The number of carbonyl (C=O) groups excluding carboxylic acids is 1. The van der Waals surface area contributed by atoms with E-state index in [0.717, 1.165) is 12.1 Å². The number of amides is 1. The Bertz CT molecular complexity index is 390. The molecule has 4 heteroatoms. The first-order valence-electron chi connectivity index (χ1n) is 6.53. The molecule has 1 unspecified atom stereocenters. The zero-order valence-electron chi connectivity index (χ0n) is 11.7. The summed E-state index contributed by atoms with van der Waals surface area (Å²) in [7, 11) is 0. The Labute approximate surface area is 109 Å². The van der Waals surface area contributed by atoms with Crippen LogP contribution in [0.25, 0.3) is 0 Å². The maximum Gasteiger partial charge on any atom is 0.269 e. The van der Waals surface area contributed by atoms with Crippen molar-refractivity contribution in [3.63, 3.8) is 0 Å². The van der Waals surface area contributed by atoms with E-state index >= 15 is 0 Å². The number of carbonyl (C=O) groups is 1. The molecule has 0 radical (unpaired) electrons. The molecule has 0 saturated heterocycles. The number of aromatic nitrogens is 1. The third kappa shape index (κ3) is 4.73. The van der Waals surface area contributed by atoms with Gasteiger partial charge < -0.3 is 10.6 Å². The summed E-state index contributed by atoms with van der Waals surface area (Å²) in [6.07, 6.45) is 2.70. The summed E-state index contributed by atoms with van der Waals surface area (Å²) in [6.45, 7) is 9.03. The quantitative estimate of drug-likeness (QED) is 0.815. The van der Waals surface area contributed by atoms with Crippen LogP contribution in [-0.2, 0) is 0 Å². The second kappa shape index (κ2) is 6.99. The maximum atomic E-state index is 11.9. The molecule has 1 aromatic rings. The van der Waals surface area contributed by atoms with Gasteiger partial charge in [0.25, 0.3) is 5.91 Å². The van der Waals surface area contributed by atoms with Gasteiger partial charge in [-0.15, -0.1) is 0 Å². The fourth-order valence-corrected chi connectivity index (χ4v) is 1.42. The highest BCUT2D eigenvalue weighted by Gasteiger charge is 2.08. The van der Waals surface area contributed by atoms with Gasteiger partial charge in [0.05, 0.1) is 0 Å². The highest BCUT2D eigenvalue weighted by Crippen LogP contribution is 2.10. The van der Waals surface area contributed by atoms with Crippen molar-refractivity contribution in [2.45, 2.75) is 40.2 Å². The van der Waals surface area contributed by atoms with Crippen LogP contribution >= 0.6 is 0 Å². The molecule has 1 rings (SSSR count). The molecule has 0 bridgehead atoms. The van der Waals surface area contributed by atoms with Crippen molar-refractivity contribution < 1.29 is 4.79 Å². The van der Waals surface area contributed by atoms with Crippen LogP contribution in [0.15, 0.2) is 18.3 Å². The van der Waals surface area contributed by atoms with Gasteiger partial charge in [-0.2, -0.15) is 0 Å². The Morgan fingerprint density at radius 3 is 2.72 bits per heavy atom. The van der Waals surface area contributed by atoms with Gasteiger partial charge in [-0.05, 0) is 31.4 Å². The molecule has 18 heavy (non-hydrogen) atoms. The zero-order valence-corrected chi connectivity index (χ0v) is 11.7. The van der Waals surface area contributed by atoms with Crippen molar-refractivity contribution in [2.75, 3.05) is 11.9 Å². The van der Waals surface area contributed by atoms with Gasteiger partial charge in [-0.25, -0.2) is 0 Å². The summed E-state index contributed by atoms with van der Waals surface area (Å²) < 4.78 is 0. The fraction of sp³-hybridized carbons (Fsp3) is 0.571. The normalized spacial score (nSPS) is 12.3. The van der Waals surface area contributed by atoms with Crippen LogP contribution in [-0.4, -0.2) is 23.5 Å². The third-order valence-corrected chi connectivity index (χ3v) is 2.69. The van der Waals surface area contributed by atoms with Crippen LogP contribution in [0, 0.1) is 5.92 Å². The minimum absolute atomic E-state index is 0.114. The molecule has 2 N–H and O–H groups in total. The number of hydrogen-bond acceptors (Lipinski definition) is 3. The van der Waals surface area contributed by atoms with Crippen LogP contribution in [0.2, 0.25) is 0 Å². The molecule has 0 aliphatic heterocycles. The molecule has 0 aliphatic carbocycles. The van der Waals surface area contributed by atoms with Crippen molar-refractivity contribution in [2.24, 2.45) is 5.92 Å². The Morgan fingerprint density at radius 2 is 2.11 bits per heavy atom. The first kappa shape index (κ1) is 14.5. The molecule has 0 aromatic carbocycles. The molecular formula is C14H23N3O. The lowest BCUT2D eigenvalue weighted by Gasteiger charge is -2.13. The molecule has 1 amide bonds. The van der Waals surface area contributed by atoms with Gasteiger partial charge in [0.1, 0.15) is 5.69 Å². The van der Waals surface area contributed by atoms with Gasteiger partial charge in [0.2, 0.25) is 0 Å². The second-order valence-corrected chi connectivity index (χ2v) is 4.99. The first-order chi connectivity index (χ1) is 8.52. The van der Waals surface area contributed by atoms with Crippen molar-refractivity contribution in [1.82, 2.24) is 10.3 Å². The van der Waals surface area contributed by atoms with Gasteiger partial charge in [-0.3, -0.25) is 9.78 Å². The third-order valence-electron chi connectivity index (χ3n) is 2.69. The molecule has 0 spiro atoms. The Hall–Kier alpha value is -1.58. The largest absolute Gasteiger partial charge is 0.382 e. The lowest BCUT2D eigenvalue weighted by molar-refractivity contribution is 0.0944. The van der Waals surface area contributed by atoms with Crippen molar-refractivity contribution >= 4 is 11.6 Å². The average Bonchev–Trinajstić information content (AvgIpc) is 2.36. The van der Waals surface area contributed by atoms with E-state index in [1.165, 1.54) is 0 Å². The van der Waals surface area contributed by atoms with E-state index in [0.29, 0.717) is 24.2 Å². The minimum atomic E-state index is -0.114. The van der Waals surface area contributed by atoms with Gasteiger partial charge in [-0.1, -0.05) is 20.8 Å². The predicted octanol–water partition coefficient (Wildman–Crippen LogP) is 2.68. The van der Waals surface area contributed by atoms with Crippen LogP contribution in [0.1, 0.15) is 44.6 Å². The summed E-state index contributed by atoms with van der Waals surface area (Å²) >= 11 is 0. The predicted molar refractivity (Wildman–Crippen MR) is 74.8 cm³/mol. The molecule has 0 saturated carbocycles. The number of nitrogens with one attached hydrogen (secondary N) is 2. The maximum absolute atomic E-state index is 11.9. The second-order valence-electron chi connectivity index (χ2n) is 4.99. The molecular weight excluding hydrogens is 226 g/mol. The molecule has 1 heterocycles. The minimum Gasteiger partial charge on any atom is -0.382 e. The van der Waals surface area contributed by atoms with Crippen LogP contribution in [0.4, 0.5) is 5.69 Å². The number of hydrogen-bond donors (Lipinski definition) is 2. The average molecular weight is 249 g/mol. The van der Waals surface area contributed by atoms with Gasteiger partial charge >= 0.3 is 0 Å². The molecule has 1 aromatic heterocycles. The number of nitrogens with zero attached hydrogens (tertiary/aromatic N) is 1. The van der Waals surface area contributed by atoms with Gasteiger partial charge in [0.15, 0.2) is 0 Å². The monoisotopic (exact) mass is 249 g/mol. The lowest BCUT2D eigenvalue weighted by atomic mass is 10.2. The fourth-order valence-electron chi connectivity index (χ4n) is 1.42. The standard InChI is InChI=1S/C14H23N3O/c1-5-11(4)17-12-6-7-15-13(8-12)14(18)16-9-10(2)3/h6-8,10-11H,5,9H2,1-4H3,(H,15,17)(H,16,18). The number of rotatable bonds is 6. The van der Waals surface area contributed by atoms with Crippen LogP contribution < -0.4 is 10.6 Å². The first-order valence-corrected chi connectivity index (χ1v) is 6.53. The van der Waals surface area contributed by atoms with Crippen LogP contribution in [0.5, 0.6) is 0 Å². The highest BCUT2D eigenvalue weighted by atomic mass is 16.1. The zero-order chi connectivity index (χ0) is 13.5. The summed E-state index contributed by atoms with van der Waals surface area (Å²) in [4.78, 5) is 16.0. The lowest BCUT2D eigenvalue weighted by Crippen LogP contribution is -2.28. The van der Waals surface area contributed by atoms with Crippen LogP contribution in [0.3, 0.4) is 0 Å². The SMILES string of the molecule is CCC(C)Nc1ccnc(C(=O)NCC(C)C)c1. The molecule has 100 valence electrons. The van der Waals surface area contributed by atoms with E-state index in [4.69, 9.17) is 0 Å². The summed E-state index contributed by atoms with van der Waals surface area (Å²) in [5, 5.41) is 6.20. The number of pyridine rings is 1. The molecule has 0 fully saturated rings. The van der Waals surface area contributed by atoms with Crippen molar-refractivity contribution in [1.29, 1.82) is 0 Å². The summed E-state index contributed by atoms with van der Waals surface area (Å²) in [5.74, 6) is 0.326. The van der Waals surface area contributed by atoms with E-state index < -0.39 is 0 Å². The molecule has 1 atom stereocenters. The van der Waals surface area contributed by atoms with E-state index in [1.807, 2.05) is 6.07 Å². The molecule has 0 aliphatic rings. The van der Waals surface area contributed by atoms with E-state index in [9.17, 15) is 4.79 Å². The summed E-state index contributed by atoms with van der Waals surface area (Å²) in [5.41, 5.74) is 1.40. The van der Waals surface area contributed by atoms with E-state index in [2.05, 4.69) is 43.3 Å². The topological polar surface area (TPSA) is 54.0 Å². The van der Waals surface area contributed by atoms with E-state index in [1.54, 1.807) is 12.3 Å². The van der Waals surface area contributed by atoms with E-state index in [-0.39, 0.29) is 5.91 Å². The smallest absolute Gasteiger partial charge is 0.269 e. The summed E-state index contributed by atoms with van der Waals surface area (Å²) in [6, 6.07) is 4.06. The highest BCUT2D eigenvalue weighted by molar-refractivity contribution is 5.93. The Balaban J connectivity index is 2.66. The molecule has 4 nitrogen and oxygen atoms in total. The Morgan fingerprint density at radius 1 is 1.39 bits per heavy atom. The number of anilines is 1. The van der Waals surface area contributed by atoms with Crippen molar-refractivity contribution in [3.05, 3.63) is 24.0 Å². The van der Waals surface area contributed by atoms with Crippen molar-refractivity contribution in [3.8, 4) is 0 Å². The van der Waals surface area contributed by atoms with Gasteiger partial charge in [0, 0.05) is 24.5 Å². The Kier molecular flexibility index (Phi) is 5.62.